The van der Waals surface area contributed by atoms with E-state index in [4.69, 9.17) is 0 Å². The van der Waals surface area contributed by atoms with Gasteiger partial charge in [0, 0.05) is 17.3 Å². The molecule has 1 amide bonds. The molecule has 2 heterocycles. The normalized spacial score (nSPS) is 20.5. The van der Waals surface area contributed by atoms with Gasteiger partial charge in [-0.1, -0.05) is 13.0 Å². The van der Waals surface area contributed by atoms with E-state index in [1.165, 1.54) is 17.7 Å². The van der Waals surface area contributed by atoms with Crippen molar-refractivity contribution in [1.29, 1.82) is 0 Å². The zero-order valence-electron chi connectivity index (χ0n) is 13.5. The highest BCUT2D eigenvalue weighted by molar-refractivity contribution is 7.09. The van der Waals surface area contributed by atoms with Gasteiger partial charge in [-0.05, 0) is 63.1 Å². The van der Waals surface area contributed by atoms with E-state index >= 15 is 0 Å². The summed E-state index contributed by atoms with van der Waals surface area (Å²) in [6.07, 6.45) is 3.18. The Morgan fingerprint density at radius 3 is 2.86 bits per heavy atom. The van der Waals surface area contributed by atoms with Crippen molar-refractivity contribution in [2.24, 2.45) is 11.8 Å². The zero-order chi connectivity index (χ0) is 15.2. The molecule has 1 aliphatic rings. The van der Waals surface area contributed by atoms with Crippen LogP contribution in [0.1, 0.15) is 44.9 Å². The van der Waals surface area contributed by atoms with Crippen LogP contribution in [-0.4, -0.2) is 29.9 Å². The summed E-state index contributed by atoms with van der Waals surface area (Å²) >= 11 is 1.73. The Hall–Kier alpha value is -0.870. The van der Waals surface area contributed by atoms with Gasteiger partial charge in [0.1, 0.15) is 0 Å². The average Bonchev–Trinajstić information content (AvgIpc) is 2.98. The Morgan fingerprint density at radius 2 is 2.29 bits per heavy atom. The van der Waals surface area contributed by atoms with Crippen LogP contribution in [0.4, 0.5) is 0 Å². The highest BCUT2D eigenvalue weighted by Gasteiger charge is 2.25. The predicted octanol–water partition coefficient (Wildman–Crippen LogP) is 3.51. The van der Waals surface area contributed by atoms with Crippen LogP contribution in [0.2, 0.25) is 0 Å². The van der Waals surface area contributed by atoms with Crippen molar-refractivity contribution in [3.05, 3.63) is 22.4 Å². The van der Waals surface area contributed by atoms with Crippen LogP contribution in [-0.2, 0) is 11.3 Å². The smallest absolute Gasteiger partial charge is 0.223 e. The van der Waals surface area contributed by atoms with Gasteiger partial charge in [-0.3, -0.25) is 4.79 Å². The lowest BCUT2D eigenvalue weighted by atomic mass is 9.85. The molecule has 0 aliphatic carbocycles. The number of amides is 1. The van der Waals surface area contributed by atoms with Gasteiger partial charge in [0.15, 0.2) is 0 Å². The van der Waals surface area contributed by atoms with E-state index < -0.39 is 0 Å². The molecule has 1 saturated heterocycles. The molecule has 4 heteroatoms. The fourth-order valence-electron chi connectivity index (χ4n) is 3.05. The molecule has 118 valence electrons. The van der Waals surface area contributed by atoms with Crippen molar-refractivity contribution in [3.8, 4) is 0 Å². The molecule has 0 spiro atoms. The van der Waals surface area contributed by atoms with Crippen molar-refractivity contribution >= 4 is 17.2 Å². The summed E-state index contributed by atoms with van der Waals surface area (Å²) in [5.74, 6) is 1.42. The minimum absolute atomic E-state index is 0.260. The molecule has 21 heavy (non-hydrogen) atoms. The number of hydrogen-bond acceptors (Lipinski definition) is 3. The molecular weight excluding hydrogens is 280 g/mol. The predicted molar refractivity (Wildman–Crippen MR) is 89.4 cm³/mol. The van der Waals surface area contributed by atoms with Crippen molar-refractivity contribution in [2.45, 2.75) is 52.6 Å². The second-order valence-electron chi connectivity index (χ2n) is 6.48. The number of nitrogens with one attached hydrogen (secondary N) is 1. The molecule has 1 aromatic heterocycles. The third kappa shape index (κ3) is 4.82. The number of thiophene rings is 1. The van der Waals surface area contributed by atoms with Crippen molar-refractivity contribution in [1.82, 2.24) is 10.2 Å². The van der Waals surface area contributed by atoms with Gasteiger partial charge in [-0.2, -0.15) is 0 Å². The van der Waals surface area contributed by atoms with Crippen LogP contribution in [0.5, 0.6) is 0 Å². The van der Waals surface area contributed by atoms with Crippen LogP contribution in [0, 0.1) is 11.8 Å². The molecule has 1 fully saturated rings. The topological polar surface area (TPSA) is 32.3 Å². The van der Waals surface area contributed by atoms with Crippen molar-refractivity contribution < 1.29 is 4.79 Å². The first-order chi connectivity index (χ1) is 10.1. The molecule has 2 unspecified atom stereocenters. The summed E-state index contributed by atoms with van der Waals surface area (Å²) < 4.78 is 0. The van der Waals surface area contributed by atoms with E-state index in [-0.39, 0.29) is 6.04 Å². The van der Waals surface area contributed by atoms with Gasteiger partial charge in [0.05, 0.1) is 6.54 Å². The molecule has 0 bridgehead atoms. The summed E-state index contributed by atoms with van der Waals surface area (Å²) in [5, 5.41) is 5.53. The summed E-state index contributed by atoms with van der Waals surface area (Å²) in [7, 11) is 0. The largest absolute Gasteiger partial charge is 0.335 e. The van der Waals surface area contributed by atoms with Crippen molar-refractivity contribution in [3.63, 3.8) is 0 Å². The Bertz CT molecular complexity index is 424. The molecule has 1 aromatic rings. The quantitative estimate of drug-likeness (QED) is 0.872. The SMILES string of the molecule is CC(CC(=O)N(Cc1cccs1)C(C)C)C1CCCNC1. The first kappa shape index (κ1) is 16.5. The summed E-state index contributed by atoms with van der Waals surface area (Å²) in [5.41, 5.74) is 0. The third-order valence-corrected chi connectivity index (χ3v) is 5.35. The Kier molecular flexibility index (Phi) is 6.24. The molecule has 0 radical (unpaired) electrons. The van der Waals surface area contributed by atoms with Gasteiger partial charge >= 0.3 is 0 Å². The number of piperidine rings is 1. The fraction of sp³-hybridized carbons (Fsp3) is 0.706. The van der Waals surface area contributed by atoms with E-state index in [1.54, 1.807) is 11.3 Å². The maximum absolute atomic E-state index is 12.7. The molecular formula is C17H28N2OS. The van der Waals surface area contributed by atoms with E-state index in [9.17, 15) is 4.79 Å². The Balaban J connectivity index is 1.91. The molecule has 2 rings (SSSR count). The van der Waals surface area contributed by atoms with Gasteiger partial charge < -0.3 is 10.2 Å². The first-order valence-electron chi connectivity index (χ1n) is 8.10. The third-order valence-electron chi connectivity index (χ3n) is 4.49. The van der Waals surface area contributed by atoms with Crippen molar-refractivity contribution in [2.75, 3.05) is 13.1 Å². The fourth-order valence-corrected chi connectivity index (χ4v) is 3.76. The monoisotopic (exact) mass is 308 g/mol. The summed E-state index contributed by atoms with van der Waals surface area (Å²) in [4.78, 5) is 16.0. The van der Waals surface area contributed by atoms with Gasteiger partial charge in [-0.25, -0.2) is 0 Å². The molecule has 3 nitrogen and oxygen atoms in total. The molecule has 0 aromatic carbocycles. The number of rotatable bonds is 6. The van der Waals surface area contributed by atoms with Crippen LogP contribution < -0.4 is 5.32 Å². The molecule has 1 N–H and O–H groups in total. The number of carbonyl (C=O) groups is 1. The lowest BCUT2D eigenvalue weighted by Gasteiger charge is -2.31. The van der Waals surface area contributed by atoms with E-state index in [1.807, 2.05) is 4.90 Å². The summed E-state index contributed by atoms with van der Waals surface area (Å²) in [6, 6.07) is 4.43. The highest BCUT2D eigenvalue weighted by Crippen LogP contribution is 2.24. The average molecular weight is 308 g/mol. The van der Waals surface area contributed by atoms with Gasteiger partial charge in [0.25, 0.3) is 0 Å². The van der Waals surface area contributed by atoms with Crippen LogP contribution in [0.3, 0.4) is 0 Å². The first-order valence-corrected chi connectivity index (χ1v) is 8.98. The molecule has 0 saturated carbocycles. The Morgan fingerprint density at radius 1 is 1.48 bits per heavy atom. The number of nitrogens with zero attached hydrogens (tertiary/aromatic N) is 1. The molecule has 2 atom stereocenters. The van der Waals surface area contributed by atoms with E-state index in [0.717, 1.165) is 19.6 Å². The standard InChI is InChI=1S/C17H28N2OS/c1-13(2)19(12-16-7-5-9-21-16)17(20)10-14(3)15-6-4-8-18-11-15/h5,7,9,13-15,18H,4,6,8,10-12H2,1-3H3. The lowest BCUT2D eigenvalue weighted by molar-refractivity contribution is -0.134. The van der Waals surface area contributed by atoms with Gasteiger partial charge in [0.2, 0.25) is 5.91 Å². The zero-order valence-corrected chi connectivity index (χ0v) is 14.3. The second kappa shape index (κ2) is 7.95. The van der Waals surface area contributed by atoms with Crippen LogP contribution in [0.15, 0.2) is 17.5 Å². The van der Waals surface area contributed by atoms with Crippen LogP contribution >= 0.6 is 11.3 Å². The number of carbonyl (C=O) groups excluding carboxylic acids is 1. The second-order valence-corrected chi connectivity index (χ2v) is 7.51. The maximum atomic E-state index is 12.7. The van der Waals surface area contributed by atoms with E-state index in [2.05, 4.69) is 43.6 Å². The van der Waals surface area contributed by atoms with Crippen LogP contribution in [0.25, 0.3) is 0 Å². The highest BCUT2D eigenvalue weighted by atomic mass is 32.1. The van der Waals surface area contributed by atoms with Gasteiger partial charge in [-0.15, -0.1) is 11.3 Å². The lowest BCUT2D eigenvalue weighted by Crippen LogP contribution is -2.39. The number of hydrogen-bond donors (Lipinski definition) is 1. The van der Waals surface area contributed by atoms with E-state index in [0.29, 0.717) is 24.2 Å². The minimum Gasteiger partial charge on any atom is -0.335 e. The summed E-state index contributed by atoms with van der Waals surface area (Å²) in [6.45, 7) is 9.41. The minimum atomic E-state index is 0.260. The molecule has 1 aliphatic heterocycles. The maximum Gasteiger partial charge on any atom is 0.223 e. The Labute approximate surface area is 132 Å².